The van der Waals surface area contributed by atoms with E-state index in [0.29, 0.717) is 31.4 Å². The van der Waals surface area contributed by atoms with E-state index >= 15 is 0 Å². The average molecular weight is 323 g/mol. The summed E-state index contributed by atoms with van der Waals surface area (Å²) >= 11 is 0. The van der Waals surface area contributed by atoms with Gasteiger partial charge in [-0.25, -0.2) is 0 Å². The van der Waals surface area contributed by atoms with Gasteiger partial charge < -0.3 is 9.64 Å². The molecule has 2 aromatic carbocycles. The number of amides is 1. The lowest BCUT2D eigenvalue weighted by atomic mass is 9.97. The lowest BCUT2D eigenvalue weighted by Gasteiger charge is -2.29. The van der Waals surface area contributed by atoms with E-state index in [1.807, 2.05) is 49.4 Å². The van der Waals surface area contributed by atoms with Gasteiger partial charge in [-0.15, -0.1) is 0 Å². The summed E-state index contributed by atoms with van der Waals surface area (Å²) in [4.78, 5) is 26.5. The predicted molar refractivity (Wildman–Crippen MR) is 93.8 cm³/mol. The number of ketones is 1. The van der Waals surface area contributed by atoms with Crippen LogP contribution in [-0.4, -0.2) is 25.3 Å². The number of Topliss-reactive ketones (excluding diaryl/α,β-unsaturated/α-hetero) is 1. The van der Waals surface area contributed by atoms with Gasteiger partial charge in [0.05, 0.1) is 12.8 Å². The molecular formula is C20H21NO3. The summed E-state index contributed by atoms with van der Waals surface area (Å²) < 4.78 is 5.14. The molecule has 0 spiro atoms. The van der Waals surface area contributed by atoms with Crippen molar-refractivity contribution in [1.82, 2.24) is 0 Å². The number of fused-ring (bicyclic) bond motifs is 1. The van der Waals surface area contributed by atoms with Crippen molar-refractivity contribution >= 4 is 17.4 Å². The summed E-state index contributed by atoms with van der Waals surface area (Å²) in [6.07, 6.45) is 1.49. The topological polar surface area (TPSA) is 46.6 Å². The van der Waals surface area contributed by atoms with Crippen molar-refractivity contribution in [2.45, 2.75) is 26.2 Å². The van der Waals surface area contributed by atoms with Crippen molar-refractivity contribution in [3.63, 3.8) is 0 Å². The summed E-state index contributed by atoms with van der Waals surface area (Å²) in [5.74, 6) is 0.986. The Morgan fingerprint density at radius 1 is 1.17 bits per heavy atom. The quantitative estimate of drug-likeness (QED) is 0.864. The molecule has 0 aliphatic carbocycles. The normalized spacial score (nSPS) is 13.6. The van der Waals surface area contributed by atoms with Gasteiger partial charge in [0, 0.05) is 24.9 Å². The second-order valence-electron chi connectivity index (χ2n) is 6.09. The number of anilines is 1. The number of carbonyl (C=O) groups excluding carboxylic acids is 2. The fraction of sp³-hybridized carbons (Fsp3) is 0.300. The van der Waals surface area contributed by atoms with E-state index in [9.17, 15) is 9.59 Å². The molecule has 0 unspecified atom stereocenters. The van der Waals surface area contributed by atoms with E-state index in [2.05, 4.69) is 0 Å². The molecule has 1 amide bonds. The summed E-state index contributed by atoms with van der Waals surface area (Å²) in [5, 5.41) is 0. The molecule has 1 heterocycles. The number of aryl methyl sites for hydroxylation is 2. The molecule has 3 rings (SSSR count). The maximum atomic E-state index is 12.6. The number of methoxy groups -OCH3 is 1. The van der Waals surface area contributed by atoms with Crippen molar-refractivity contribution in [3.8, 4) is 5.75 Å². The third kappa shape index (κ3) is 3.32. The molecule has 124 valence electrons. The fourth-order valence-electron chi connectivity index (χ4n) is 3.01. The van der Waals surface area contributed by atoms with Crippen LogP contribution in [0.3, 0.4) is 0 Å². The Kier molecular flexibility index (Phi) is 4.65. The van der Waals surface area contributed by atoms with Crippen LogP contribution in [0, 0.1) is 6.92 Å². The Hall–Kier alpha value is -2.62. The Labute approximate surface area is 142 Å². The van der Waals surface area contributed by atoms with Crippen LogP contribution in [0.15, 0.2) is 42.5 Å². The molecule has 0 radical (unpaired) electrons. The lowest BCUT2D eigenvalue weighted by molar-refractivity contribution is -0.118. The maximum Gasteiger partial charge on any atom is 0.227 e. The highest BCUT2D eigenvalue weighted by atomic mass is 16.5. The molecule has 1 aliphatic heterocycles. The largest absolute Gasteiger partial charge is 0.497 e. The van der Waals surface area contributed by atoms with Gasteiger partial charge in [-0.2, -0.15) is 0 Å². The molecule has 2 aromatic rings. The van der Waals surface area contributed by atoms with E-state index in [4.69, 9.17) is 4.74 Å². The Balaban J connectivity index is 1.71. The summed E-state index contributed by atoms with van der Waals surface area (Å²) in [6.45, 7) is 2.42. The van der Waals surface area contributed by atoms with Crippen molar-refractivity contribution < 1.29 is 14.3 Å². The minimum absolute atomic E-state index is 0.0587. The van der Waals surface area contributed by atoms with Crippen LogP contribution in [0.5, 0.6) is 5.75 Å². The van der Waals surface area contributed by atoms with Crippen molar-refractivity contribution in [2.75, 3.05) is 18.6 Å². The molecule has 4 nitrogen and oxygen atoms in total. The zero-order valence-corrected chi connectivity index (χ0v) is 14.0. The SMILES string of the molecule is COc1ccc(CCC(=O)N2CCC(=O)c3cc(C)ccc32)cc1. The van der Waals surface area contributed by atoms with Gasteiger partial charge in [0.2, 0.25) is 5.91 Å². The molecule has 1 aliphatic rings. The Morgan fingerprint density at radius 3 is 2.62 bits per heavy atom. The summed E-state index contributed by atoms with van der Waals surface area (Å²) in [5.41, 5.74) is 3.55. The number of carbonyl (C=O) groups is 2. The van der Waals surface area contributed by atoms with Crippen molar-refractivity contribution in [3.05, 3.63) is 59.2 Å². The van der Waals surface area contributed by atoms with E-state index in [-0.39, 0.29) is 11.7 Å². The number of hydrogen-bond acceptors (Lipinski definition) is 3. The number of ether oxygens (including phenoxy) is 1. The van der Waals surface area contributed by atoms with E-state index in [1.54, 1.807) is 12.0 Å². The van der Waals surface area contributed by atoms with E-state index in [1.165, 1.54) is 0 Å². The Bertz CT molecular complexity index is 765. The molecule has 0 bridgehead atoms. The minimum Gasteiger partial charge on any atom is -0.497 e. The second kappa shape index (κ2) is 6.87. The van der Waals surface area contributed by atoms with Crippen LogP contribution in [0.4, 0.5) is 5.69 Å². The highest BCUT2D eigenvalue weighted by Gasteiger charge is 2.26. The zero-order chi connectivity index (χ0) is 17.1. The third-order valence-electron chi connectivity index (χ3n) is 4.39. The fourth-order valence-corrected chi connectivity index (χ4v) is 3.01. The highest BCUT2D eigenvalue weighted by molar-refractivity contribution is 6.08. The molecule has 0 fully saturated rings. The highest BCUT2D eigenvalue weighted by Crippen LogP contribution is 2.28. The number of hydrogen-bond donors (Lipinski definition) is 0. The van der Waals surface area contributed by atoms with Crippen LogP contribution in [0.25, 0.3) is 0 Å². The number of benzene rings is 2. The van der Waals surface area contributed by atoms with Crippen LogP contribution in [0.2, 0.25) is 0 Å². The van der Waals surface area contributed by atoms with Crippen molar-refractivity contribution in [2.24, 2.45) is 0 Å². The van der Waals surface area contributed by atoms with Gasteiger partial charge in [-0.1, -0.05) is 23.8 Å². The van der Waals surface area contributed by atoms with Gasteiger partial charge in [0.25, 0.3) is 0 Å². The van der Waals surface area contributed by atoms with E-state index in [0.717, 1.165) is 22.6 Å². The second-order valence-corrected chi connectivity index (χ2v) is 6.09. The zero-order valence-electron chi connectivity index (χ0n) is 14.0. The molecule has 24 heavy (non-hydrogen) atoms. The van der Waals surface area contributed by atoms with E-state index < -0.39 is 0 Å². The first-order valence-electron chi connectivity index (χ1n) is 8.15. The standard InChI is InChI=1S/C20H21NO3/c1-14-3-9-18-17(13-14)19(22)11-12-21(18)20(23)10-6-15-4-7-16(24-2)8-5-15/h3-5,7-9,13H,6,10-12H2,1-2H3. The van der Waals surface area contributed by atoms with Gasteiger partial charge in [0.1, 0.15) is 5.75 Å². The first-order valence-corrected chi connectivity index (χ1v) is 8.15. The third-order valence-corrected chi connectivity index (χ3v) is 4.39. The first-order chi connectivity index (χ1) is 11.6. The lowest BCUT2D eigenvalue weighted by Crippen LogP contribution is -2.37. The molecule has 4 heteroatoms. The summed E-state index contributed by atoms with van der Waals surface area (Å²) in [6, 6.07) is 13.5. The minimum atomic E-state index is 0.0587. The number of nitrogens with zero attached hydrogens (tertiary/aromatic N) is 1. The van der Waals surface area contributed by atoms with Gasteiger partial charge in [-0.3, -0.25) is 9.59 Å². The predicted octanol–water partition coefficient (Wildman–Crippen LogP) is 3.56. The smallest absolute Gasteiger partial charge is 0.227 e. The molecule has 0 atom stereocenters. The molecule has 0 saturated heterocycles. The first kappa shape index (κ1) is 16.2. The van der Waals surface area contributed by atoms with Gasteiger partial charge >= 0.3 is 0 Å². The molecular weight excluding hydrogens is 302 g/mol. The Morgan fingerprint density at radius 2 is 1.92 bits per heavy atom. The molecule has 0 saturated carbocycles. The monoisotopic (exact) mass is 323 g/mol. The maximum absolute atomic E-state index is 12.6. The number of rotatable bonds is 4. The average Bonchev–Trinajstić information content (AvgIpc) is 2.61. The summed E-state index contributed by atoms with van der Waals surface area (Å²) in [7, 11) is 1.63. The van der Waals surface area contributed by atoms with Crippen LogP contribution < -0.4 is 9.64 Å². The molecule has 0 aromatic heterocycles. The van der Waals surface area contributed by atoms with Crippen LogP contribution in [0.1, 0.15) is 34.3 Å². The van der Waals surface area contributed by atoms with Crippen molar-refractivity contribution in [1.29, 1.82) is 0 Å². The molecule has 0 N–H and O–H groups in total. The van der Waals surface area contributed by atoms with Crippen LogP contribution >= 0.6 is 0 Å². The van der Waals surface area contributed by atoms with Gasteiger partial charge in [0.15, 0.2) is 5.78 Å². The van der Waals surface area contributed by atoms with Gasteiger partial charge in [-0.05, 0) is 43.2 Å². The van der Waals surface area contributed by atoms with Crippen LogP contribution in [-0.2, 0) is 11.2 Å².